The first-order valence-electron chi connectivity index (χ1n) is 18.3. The summed E-state index contributed by atoms with van der Waals surface area (Å²) in [4.78, 5) is 60.7. The molecule has 3 aliphatic heterocycles. The number of anilines is 2. The zero-order valence-electron chi connectivity index (χ0n) is 30.1. The van der Waals surface area contributed by atoms with Crippen LogP contribution < -0.4 is 19.8 Å². The fourth-order valence-electron chi connectivity index (χ4n) is 9.67. The van der Waals surface area contributed by atoms with Gasteiger partial charge in [0.15, 0.2) is 0 Å². The average Bonchev–Trinajstić information content (AvgIpc) is 3.59. The maximum absolute atomic E-state index is 15.5. The number of benzene rings is 4. The molecular weight excluding hydrogens is 753 g/mol. The second-order valence-corrected chi connectivity index (χ2v) is 15.6. The van der Waals surface area contributed by atoms with E-state index in [1.807, 2.05) is 6.08 Å². The molecule has 6 atom stereocenters. The van der Waals surface area contributed by atoms with Gasteiger partial charge in [-0.3, -0.25) is 29.5 Å². The van der Waals surface area contributed by atoms with Gasteiger partial charge in [-0.1, -0.05) is 71.8 Å². The number of nitrogens with one attached hydrogen (secondary N) is 1. The zero-order chi connectivity index (χ0) is 39.0. The van der Waals surface area contributed by atoms with Gasteiger partial charge in [0.2, 0.25) is 11.8 Å². The molecule has 3 heterocycles. The van der Waals surface area contributed by atoms with Gasteiger partial charge in [0, 0.05) is 22.9 Å². The van der Waals surface area contributed by atoms with E-state index in [0.29, 0.717) is 44.6 Å². The van der Waals surface area contributed by atoms with Crippen LogP contribution in [0.2, 0.25) is 10.0 Å². The second kappa shape index (κ2) is 13.4. The molecule has 3 fully saturated rings. The Hall–Kier alpha value is -5.84. The molecule has 2 N–H and O–H groups in total. The number of ether oxygens (including phenoxy) is 2. The van der Waals surface area contributed by atoms with Crippen molar-refractivity contribution in [3.05, 3.63) is 142 Å². The Morgan fingerprint density at radius 1 is 0.929 bits per heavy atom. The van der Waals surface area contributed by atoms with Crippen molar-refractivity contribution in [2.24, 2.45) is 29.6 Å². The Morgan fingerprint density at radius 3 is 2.41 bits per heavy atom. The minimum Gasteiger partial charge on any atom is -0.508 e. The van der Waals surface area contributed by atoms with E-state index in [-0.39, 0.29) is 41.8 Å². The molecule has 282 valence electrons. The summed E-state index contributed by atoms with van der Waals surface area (Å²) < 4.78 is 11.7. The van der Waals surface area contributed by atoms with E-state index in [2.05, 4.69) is 12.0 Å². The largest absolute Gasteiger partial charge is 0.508 e. The van der Waals surface area contributed by atoms with Crippen LogP contribution in [0.5, 0.6) is 17.2 Å². The number of imide groups is 2. The summed E-state index contributed by atoms with van der Waals surface area (Å²) in [6.45, 7) is 3.81. The van der Waals surface area contributed by atoms with Crippen molar-refractivity contribution in [2.45, 2.75) is 24.7 Å². The summed E-state index contributed by atoms with van der Waals surface area (Å²) in [5.74, 6) is -4.32. The molecule has 56 heavy (non-hydrogen) atoms. The normalized spacial score (nSPS) is 26.4. The average molecular weight is 789 g/mol. The number of allylic oxidation sites excluding steroid dienone is 3. The summed E-state index contributed by atoms with van der Waals surface area (Å²) in [7, 11) is 1.55. The topological polar surface area (TPSA) is 125 Å². The highest BCUT2D eigenvalue weighted by atomic mass is 35.5. The number of phenols is 1. The second-order valence-electron chi connectivity index (χ2n) is 14.8. The number of hydrazine groups is 1. The van der Waals surface area contributed by atoms with Crippen molar-refractivity contribution in [2.75, 3.05) is 17.4 Å². The van der Waals surface area contributed by atoms with E-state index in [1.54, 1.807) is 92.2 Å². The van der Waals surface area contributed by atoms with E-state index >= 15 is 9.59 Å². The van der Waals surface area contributed by atoms with Gasteiger partial charge in [-0.2, -0.15) is 5.01 Å². The molecule has 4 aromatic carbocycles. The van der Waals surface area contributed by atoms with Crippen molar-refractivity contribution in [3.8, 4) is 17.2 Å². The van der Waals surface area contributed by atoms with Gasteiger partial charge in [-0.25, -0.2) is 0 Å². The van der Waals surface area contributed by atoms with E-state index in [0.717, 1.165) is 16.1 Å². The molecule has 12 heteroatoms. The maximum atomic E-state index is 15.5. The fraction of sp³-hybridized carbons (Fsp3) is 0.227. The lowest BCUT2D eigenvalue weighted by Crippen LogP contribution is -2.55. The number of amides is 4. The van der Waals surface area contributed by atoms with Crippen LogP contribution in [0.1, 0.15) is 29.5 Å². The first kappa shape index (κ1) is 35.8. The lowest BCUT2D eigenvalue weighted by atomic mass is 9.48. The molecular formula is C44H35Cl2N3O7. The Kier molecular flexibility index (Phi) is 8.59. The number of rotatable bonds is 7. The van der Waals surface area contributed by atoms with Gasteiger partial charge >= 0.3 is 0 Å². The highest BCUT2D eigenvalue weighted by molar-refractivity contribution is 6.36. The molecule has 0 spiro atoms. The monoisotopic (exact) mass is 787 g/mol. The molecule has 9 rings (SSSR count). The molecule has 2 aliphatic carbocycles. The standard InChI is InChI=1S/C44H35Cl2N3O7/c1-3-23-4-9-28(10-5-23)48-40(51)32-15-14-31-33(38(32)42(48)53)21-34-41(52)49(47-36-16-8-27(45)20-35(36)46)43(54)44(34,26-6-12-30(55-2)13-7-26)39(31)25-18-24-19-29(50)11-17-37(24)56-22-25/h3-14,16-17,19-20,22,32-34,38-39,47,50H,1,15,18,21H2,2H3. The van der Waals surface area contributed by atoms with Crippen LogP contribution in [0.3, 0.4) is 0 Å². The predicted octanol–water partition coefficient (Wildman–Crippen LogP) is 7.89. The molecule has 4 amide bonds. The van der Waals surface area contributed by atoms with Crippen LogP contribution >= 0.6 is 23.2 Å². The van der Waals surface area contributed by atoms with Crippen molar-refractivity contribution in [1.82, 2.24) is 5.01 Å². The number of carbonyl (C=O) groups excluding carboxylic acids is 4. The zero-order valence-corrected chi connectivity index (χ0v) is 31.6. The van der Waals surface area contributed by atoms with Crippen LogP contribution in [0, 0.1) is 29.6 Å². The van der Waals surface area contributed by atoms with Crippen molar-refractivity contribution in [1.29, 1.82) is 0 Å². The molecule has 1 saturated carbocycles. The fourth-order valence-corrected chi connectivity index (χ4v) is 10.1. The van der Waals surface area contributed by atoms with Crippen LogP contribution in [0.15, 0.2) is 115 Å². The van der Waals surface area contributed by atoms with Gasteiger partial charge in [0.25, 0.3) is 11.8 Å². The van der Waals surface area contributed by atoms with Crippen LogP contribution in [0.25, 0.3) is 6.08 Å². The number of hydrogen-bond acceptors (Lipinski definition) is 8. The number of fused-ring (bicyclic) bond motifs is 5. The van der Waals surface area contributed by atoms with Crippen molar-refractivity contribution >= 4 is 64.3 Å². The summed E-state index contributed by atoms with van der Waals surface area (Å²) in [5, 5.41) is 12.1. The summed E-state index contributed by atoms with van der Waals surface area (Å²) in [5.41, 5.74) is 5.81. The Labute approximate surface area is 332 Å². The quantitative estimate of drug-likeness (QED) is 0.143. The van der Waals surface area contributed by atoms with Gasteiger partial charge < -0.3 is 14.6 Å². The van der Waals surface area contributed by atoms with E-state index in [9.17, 15) is 14.7 Å². The maximum Gasteiger partial charge on any atom is 0.260 e. The first-order chi connectivity index (χ1) is 27.0. The predicted molar refractivity (Wildman–Crippen MR) is 211 cm³/mol. The molecule has 0 aromatic heterocycles. The molecule has 10 nitrogen and oxygen atoms in total. The van der Waals surface area contributed by atoms with Crippen molar-refractivity contribution < 1.29 is 33.8 Å². The van der Waals surface area contributed by atoms with Gasteiger partial charge in [0.1, 0.15) is 17.2 Å². The van der Waals surface area contributed by atoms with Crippen LogP contribution in [0.4, 0.5) is 11.4 Å². The Bertz CT molecular complexity index is 2430. The van der Waals surface area contributed by atoms with E-state index in [4.69, 9.17) is 32.7 Å². The Morgan fingerprint density at radius 2 is 1.70 bits per heavy atom. The number of carbonyl (C=O) groups is 4. The summed E-state index contributed by atoms with van der Waals surface area (Å²) in [6, 6.07) is 23.8. The number of nitrogens with zero attached hydrogens (tertiary/aromatic N) is 2. The third-order valence-electron chi connectivity index (χ3n) is 12.1. The highest BCUT2D eigenvalue weighted by Crippen LogP contribution is 2.63. The highest BCUT2D eigenvalue weighted by Gasteiger charge is 2.71. The molecule has 4 aromatic rings. The third-order valence-corrected chi connectivity index (χ3v) is 12.7. The molecule has 0 radical (unpaired) electrons. The SMILES string of the molecule is C=Cc1ccc(N2C(=O)C3CC=C4C(CC5C(=O)N(Nc6ccc(Cl)cc6Cl)C(=O)C5(c5ccc(OC)cc5)C4C4=COc5ccc(O)cc5C4)C3C2=O)cc1. The minimum absolute atomic E-state index is 0.0520. The summed E-state index contributed by atoms with van der Waals surface area (Å²) >= 11 is 12.8. The van der Waals surface area contributed by atoms with E-state index < -0.39 is 46.8 Å². The van der Waals surface area contributed by atoms with Crippen molar-refractivity contribution in [3.63, 3.8) is 0 Å². The number of hydrogen-bond donors (Lipinski definition) is 2. The number of halogens is 2. The molecule has 0 bridgehead atoms. The van der Waals surface area contributed by atoms with Gasteiger partial charge in [-0.05, 0) is 96.1 Å². The Balaban J connectivity index is 1.23. The van der Waals surface area contributed by atoms with Gasteiger partial charge in [-0.15, -0.1) is 0 Å². The third kappa shape index (κ3) is 5.30. The van der Waals surface area contributed by atoms with Gasteiger partial charge in [0.05, 0.1) is 52.9 Å². The lowest BCUT2D eigenvalue weighted by molar-refractivity contribution is -0.139. The molecule has 6 unspecified atom stereocenters. The number of methoxy groups -OCH3 is 1. The van der Waals surface area contributed by atoms with Crippen LogP contribution in [-0.2, 0) is 31.0 Å². The lowest BCUT2D eigenvalue weighted by Gasteiger charge is -2.51. The summed E-state index contributed by atoms with van der Waals surface area (Å²) in [6.07, 6.45) is 5.96. The van der Waals surface area contributed by atoms with E-state index in [1.165, 1.54) is 17.0 Å². The van der Waals surface area contributed by atoms with Crippen LogP contribution in [-0.4, -0.2) is 40.9 Å². The molecule has 2 saturated heterocycles. The molecule has 5 aliphatic rings. The minimum atomic E-state index is -1.54. The first-order valence-corrected chi connectivity index (χ1v) is 19.0. The smallest absolute Gasteiger partial charge is 0.260 e. The number of phenolic OH excluding ortho intramolecular Hbond substituents is 1. The number of aromatic hydroxyl groups is 1.